The molecule has 0 fully saturated rings. The summed E-state index contributed by atoms with van der Waals surface area (Å²) >= 11 is 0. The Kier molecular flexibility index (Phi) is 4.88. The number of pyridine rings is 1. The van der Waals surface area contributed by atoms with Crippen molar-refractivity contribution >= 4 is 16.6 Å². The Balaban J connectivity index is 1.96. The highest BCUT2D eigenvalue weighted by atomic mass is 19.4. The quantitative estimate of drug-likeness (QED) is 0.460. The van der Waals surface area contributed by atoms with E-state index >= 15 is 0 Å². The number of aromatic hydroxyl groups is 1. The molecule has 0 saturated carbocycles. The summed E-state index contributed by atoms with van der Waals surface area (Å²) in [5.74, 6) is -3.91. The average molecular weight is 434 g/mol. The lowest BCUT2D eigenvalue weighted by Gasteiger charge is -2.49. The van der Waals surface area contributed by atoms with E-state index in [1.165, 1.54) is 19.9 Å². The van der Waals surface area contributed by atoms with Gasteiger partial charge >= 0.3 is 6.18 Å². The molecule has 0 amide bonds. The minimum Gasteiger partial charge on any atom is -0.505 e. The summed E-state index contributed by atoms with van der Waals surface area (Å²) in [5, 5.41) is 24.9. The summed E-state index contributed by atoms with van der Waals surface area (Å²) in [5.41, 5.74) is -1.42. The van der Waals surface area contributed by atoms with Gasteiger partial charge in [0.25, 0.3) is 0 Å². The van der Waals surface area contributed by atoms with Gasteiger partial charge in [-0.3, -0.25) is 4.98 Å². The predicted octanol–water partition coefficient (Wildman–Crippen LogP) is 5.59. The number of hydrogen-bond acceptors (Lipinski definition) is 4. The largest absolute Gasteiger partial charge is 0.505 e. The van der Waals surface area contributed by atoms with Crippen molar-refractivity contribution in [2.24, 2.45) is 5.92 Å². The van der Waals surface area contributed by atoms with Gasteiger partial charge in [0, 0.05) is 28.2 Å². The lowest BCUT2D eigenvalue weighted by molar-refractivity contribution is -0.289. The molecule has 2 aromatic carbocycles. The third-order valence-corrected chi connectivity index (χ3v) is 6.48. The summed E-state index contributed by atoms with van der Waals surface area (Å²) in [6, 6.07) is 8.90. The second-order valence-electron chi connectivity index (χ2n) is 8.20. The van der Waals surface area contributed by atoms with Crippen molar-refractivity contribution in [2.75, 3.05) is 5.32 Å². The second-order valence-corrected chi connectivity index (χ2v) is 8.20. The molecule has 4 rings (SSSR count). The molecular weight excluding hydrogens is 412 g/mol. The maximum atomic E-state index is 14.3. The van der Waals surface area contributed by atoms with Crippen LogP contribution in [-0.2, 0) is 0 Å². The van der Waals surface area contributed by atoms with E-state index in [1.807, 2.05) is 0 Å². The predicted molar refractivity (Wildman–Crippen MR) is 109 cm³/mol. The molecule has 0 radical (unpaired) electrons. The number of aryl methyl sites for hydroxylation is 1. The van der Waals surface area contributed by atoms with Crippen LogP contribution in [0, 0.1) is 18.7 Å². The van der Waals surface area contributed by atoms with E-state index in [0.29, 0.717) is 16.6 Å². The number of nitrogens with one attached hydrogen (secondary N) is 1. The molecule has 1 aromatic heterocycles. The zero-order valence-corrected chi connectivity index (χ0v) is 17.1. The van der Waals surface area contributed by atoms with Crippen molar-refractivity contribution in [2.45, 2.75) is 44.5 Å². The van der Waals surface area contributed by atoms with Crippen LogP contribution >= 0.6 is 0 Å². The SMILES string of the molecule is Cc1ccc2c(NC3c4ccc(F)c(O)c4C(C)C(C)C3(O)C(F)(F)F)cccc2n1. The number of hydrogen-bond donors (Lipinski definition) is 3. The van der Waals surface area contributed by atoms with Crippen molar-refractivity contribution in [3.63, 3.8) is 0 Å². The standard InChI is InChI=1S/C23H22F4N2O2/c1-11-7-8-14-17(28-11)5-4-6-18(14)29-21-15-9-10-16(24)20(30)19(15)12(2)13(3)22(21,31)23(25,26)27/h4-10,12-13,21,29-31H,1-3H3. The van der Waals surface area contributed by atoms with Crippen LogP contribution in [0.25, 0.3) is 10.9 Å². The number of anilines is 1. The van der Waals surface area contributed by atoms with Crippen LogP contribution in [0.2, 0.25) is 0 Å². The zero-order chi connectivity index (χ0) is 22.7. The van der Waals surface area contributed by atoms with E-state index in [0.717, 1.165) is 11.8 Å². The molecule has 4 atom stereocenters. The lowest BCUT2D eigenvalue weighted by Crippen LogP contribution is -2.60. The number of halogens is 4. The van der Waals surface area contributed by atoms with Crippen molar-refractivity contribution in [3.05, 3.63) is 65.1 Å². The van der Waals surface area contributed by atoms with Crippen molar-refractivity contribution < 1.29 is 27.8 Å². The van der Waals surface area contributed by atoms with Crippen LogP contribution in [0.5, 0.6) is 5.75 Å². The van der Waals surface area contributed by atoms with Crippen LogP contribution in [0.4, 0.5) is 23.2 Å². The number of aromatic nitrogens is 1. The first-order valence-electron chi connectivity index (χ1n) is 9.90. The van der Waals surface area contributed by atoms with Gasteiger partial charge in [-0.1, -0.05) is 26.0 Å². The van der Waals surface area contributed by atoms with Crippen molar-refractivity contribution in [1.29, 1.82) is 0 Å². The summed E-state index contributed by atoms with van der Waals surface area (Å²) < 4.78 is 57.0. The fourth-order valence-corrected chi connectivity index (χ4v) is 4.61. The van der Waals surface area contributed by atoms with Gasteiger partial charge < -0.3 is 15.5 Å². The van der Waals surface area contributed by atoms with Crippen LogP contribution in [0.1, 0.15) is 42.6 Å². The smallest absolute Gasteiger partial charge is 0.419 e. The molecule has 164 valence electrons. The molecule has 0 aliphatic heterocycles. The van der Waals surface area contributed by atoms with Crippen LogP contribution in [-0.4, -0.2) is 27.0 Å². The number of alkyl halides is 3. The average Bonchev–Trinajstić information content (AvgIpc) is 2.70. The molecule has 8 heteroatoms. The van der Waals surface area contributed by atoms with Gasteiger partial charge in [-0.2, -0.15) is 13.2 Å². The Morgan fingerprint density at radius 1 is 1.06 bits per heavy atom. The van der Waals surface area contributed by atoms with Gasteiger partial charge in [-0.05, 0) is 48.7 Å². The van der Waals surface area contributed by atoms with E-state index in [4.69, 9.17) is 0 Å². The highest BCUT2D eigenvalue weighted by molar-refractivity contribution is 5.91. The number of phenolic OH excluding ortho intramolecular Hbond substituents is 1. The Hall–Kier alpha value is -2.87. The number of phenols is 1. The maximum Gasteiger partial charge on any atom is 0.419 e. The van der Waals surface area contributed by atoms with E-state index < -0.39 is 41.2 Å². The van der Waals surface area contributed by atoms with Gasteiger partial charge in [0.05, 0.1) is 11.6 Å². The summed E-state index contributed by atoms with van der Waals surface area (Å²) in [6.45, 7) is 4.51. The number of benzene rings is 2. The minimum atomic E-state index is -4.99. The molecule has 1 aliphatic carbocycles. The third-order valence-electron chi connectivity index (χ3n) is 6.48. The molecule has 0 saturated heterocycles. The minimum absolute atomic E-state index is 0.00130. The fraction of sp³-hybridized carbons (Fsp3) is 0.348. The Morgan fingerprint density at radius 2 is 1.77 bits per heavy atom. The van der Waals surface area contributed by atoms with Crippen LogP contribution in [0.3, 0.4) is 0 Å². The molecule has 1 aliphatic rings. The first kappa shape index (κ1) is 21.4. The summed E-state index contributed by atoms with van der Waals surface area (Å²) in [6.07, 6.45) is -4.99. The molecule has 0 spiro atoms. The van der Waals surface area contributed by atoms with E-state index in [1.54, 1.807) is 37.3 Å². The first-order chi connectivity index (χ1) is 14.5. The van der Waals surface area contributed by atoms with Crippen molar-refractivity contribution in [3.8, 4) is 5.75 Å². The molecule has 31 heavy (non-hydrogen) atoms. The van der Waals surface area contributed by atoms with Crippen LogP contribution in [0.15, 0.2) is 42.5 Å². The van der Waals surface area contributed by atoms with Crippen molar-refractivity contribution in [1.82, 2.24) is 4.98 Å². The Bertz CT molecular complexity index is 1160. The molecule has 0 bridgehead atoms. The molecule has 1 heterocycles. The lowest BCUT2D eigenvalue weighted by atomic mass is 9.64. The number of aliphatic hydroxyl groups is 1. The zero-order valence-electron chi connectivity index (χ0n) is 17.1. The van der Waals surface area contributed by atoms with E-state index in [-0.39, 0.29) is 11.1 Å². The molecule has 3 aromatic rings. The highest BCUT2D eigenvalue weighted by Crippen LogP contribution is 2.57. The topological polar surface area (TPSA) is 65.4 Å². The van der Waals surface area contributed by atoms with Gasteiger partial charge in [0.2, 0.25) is 0 Å². The normalized spacial score (nSPS) is 26.0. The van der Waals surface area contributed by atoms with Gasteiger partial charge in [-0.15, -0.1) is 0 Å². The molecule has 3 N–H and O–H groups in total. The van der Waals surface area contributed by atoms with Gasteiger partial charge in [-0.25, -0.2) is 4.39 Å². The Labute approximate surface area is 176 Å². The number of nitrogens with zero attached hydrogens (tertiary/aromatic N) is 1. The summed E-state index contributed by atoms with van der Waals surface area (Å²) in [7, 11) is 0. The molecule has 4 nitrogen and oxygen atoms in total. The fourth-order valence-electron chi connectivity index (χ4n) is 4.61. The first-order valence-corrected chi connectivity index (χ1v) is 9.90. The molecule has 4 unspecified atom stereocenters. The van der Waals surface area contributed by atoms with Gasteiger partial charge in [0.15, 0.2) is 17.2 Å². The van der Waals surface area contributed by atoms with E-state index in [2.05, 4.69) is 10.3 Å². The van der Waals surface area contributed by atoms with Crippen LogP contribution < -0.4 is 5.32 Å². The monoisotopic (exact) mass is 434 g/mol. The number of rotatable bonds is 2. The second kappa shape index (κ2) is 7.09. The highest BCUT2D eigenvalue weighted by Gasteiger charge is 2.65. The Morgan fingerprint density at radius 3 is 2.45 bits per heavy atom. The number of fused-ring (bicyclic) bond motifs is 2. The maximum absolute atomic E-state index is 14.3. The molecular formula is C23H22F4N2O2. The van der Waals surface area contributed by atoms with Gasteiger partial charge in [0.1, 0.15) is 0 Å². The van der Waals surface area contributed by atoms with E-state index in [9.17, 15) is 27.8 Å². The summed E-state index contributed by atoms with van der Waals surface area (Å²) in [4.78, 5) is 4.40. The third kappa shape index (κ3) is 3.12.